The Kier molecular flexibility index (Phi) is 6.65. The topological polar surface area (TPSA) is 82.5 Å². The van der Waals surface area contributed by atoms with Crippen molar-refractivity contribution in [2.24, 2.45) is 5.92 Å². The number of carbonyl (C=O) groups is 2. The maximum absolute atomic E-state index is 12.0. The third-order valence-corrected chi connectivity index (χ3v) is 3.59. The molecule has 1 aromatic heterocycles. The minimum Gasteiger partial charge on any atom is -0.480 e. The number of carbonyl (C=O) groups excluding carboxylic acids is 1. The molecule has 0 fully saturated rings. The standard InChI is InChI=1S/C15H23N3O3/c1-4-11(2)13(14(19)20)17-15(21)18(3)10-7-12-5-8-16-9-6-12/h5-6,8-9,11,13H,4,7,10H2,1-3H3,(H,17,21)(H,19,20)/t11-,13-/m0/s1. The minimum absolute atomic E-state index is 0.111. The second-order valence-corrected chi connectivity index (χ2v) is 5.18. The van der Waals surface area contributed by atoms with Gasteiger partial charge in [0, 0.05) is 26.0 Å². The van der Waals surface area contributed by atoms with E-state index in [0.717, 1.165) is 5.56 Å². The first-order valence-electron chi connectivity index (χ1n) is 7.09. The molecule has 116 valence electrons. The molecule has 2 amide bonds. The summed E-state index contributed by atoms with van der Waals surface area (Å²) in [7, 11) is 1.66. The third-order valence-electron chi connectivity index (χ3n) is 3.59. The molecule has 6 nitrogen and oxygen atoms in total. The number of carboxylic acids is 1. The first kappa shape index (κ1) is 16.9. The Bertz CT molecular complexity index is 464. The van der Waals surface area contributed by atoms with E-state index < -0.39 is 12.0 Å². The number of pyridine rings is 1. The molecule has 1 aromatic rings. The molecule has 0 unspecified atom stereocenters. The summed E-state index contributed by atoms with van der Waals surface area (Å²) in [6, 6.07) is 2.57. The van der Waals surface area contributed by atoms with E-state index in [0.29, 0.717) is 19.4 Å². The lowest BCUT2D eigenvalue weighted by atomic mass is 9.99. The van der Waals surface area contributed by atoms with Crippen LogP contribution in [0, 0.1) is 5.92 Å². The Morgan fingerprint density at radius 2 is 2.00 bits per heavy atom. The fourth-order valence-electron chi connectivity index (χ4n) is 1.87. The molecule has 0 aromatic carbocycles. The van der Waals surface area contributed by atoms with Crippen LogP contribution in [0.25, 0.3) is 0 Å². The second-order valence-electron chi connectivity index (χ2n) is 5.18. The predicted octanol–water partition coefficient (Wildman–Crippen LogP) is 1.76. The van der Waals surface area contributed by atoms with Crippen molar-refractivity contribution in [1.29, 1.82) is 0 Å². The number of rotatable bonds is 7. The second kappa shape index (κ2) is 8.24. The van der Waals surface area contributed by atoms with Gasteiger partial charge >= 0.3 is 12.0 Å². The van der Waals surface area contributed by atoms with Gasteiger partial charge in [-0.25, -0.2) is 9.59 Å². The first-order valence-corrected chi connectivity index (χ1v) is 7.09. The zero-order valence-electron chi connectivity index (χ0n) is 12.7. The van der Waals surface area contributed by atoms with Crippen LogP contribution in [0.3, 0.4) is 0 Å². The summed E-state index contributed by atoms with van der Waals surface area (Å²) in [5.41, 5.74) is 1.08. The lowest BCUT2D eigenvalue weighted by molar-refractivity contribution is -0.140. The zero-order chi connectivity index (χ0) is 15.8. The Balaban J connectivity index is 2.51. The van der Waals surface area contributed by atoms with Gasteiger partial charge in [0.1, 0.15) is 6.04 Å². The molecule has 0 radical (unpaired) electrons. The highest BCUT2D eigenvalue weighted by Gasteiger charge is 2.26. The lowest BCUT2D eigenvalue weighted by Crippen LogP contribution is -2.49. The molecule has 2 atom stereocenters. The average molecular weight is 293 g/mol. The summed E-state index contributed by atoms with van der Waals surface area (Å²) in [5, 5.41) is 11.8. The van der Waals surface area contributed by atoms with Crippen molar-refractivity contribution in [1.82, 2.24) is 15.2 Å². The van der Waals surface area contributed by atoms with Gasteiger partial charge in [-0.05, 0) is 30.0 Å². The van der Waals surface area contributed by atoms with Crippen molar-refractivity contribution in [3.05, 3.63) is 30.1 Å². The van der Waals surface area contributed by atoms with Gasteiger partial charge in [0.05, 0.1) is 0 Å². The van der Waals surface area contributed by atoms with Gasteiger partial charge < -0.3 is 15.3 Å². The number of carboxylic acid groups (broad SMARTS) is 1. The van der Waals surface area contributed by atoms with Crippen LogP contribution >= 0.6 is 0 Å². The number of urea groups is 1. The normalized spacial score (nSPS) is 13.3. The van der Waals surface area contributed by atoms with E-state index in [9.17, 15) is 14.7 Å². The zero-order valence-corrected chi connectivity index (χ0v) is 12.7. The van der Waals surface area contributed by atoms with Crippen molar-refractivity contribution in [3.8, 4) is 0 Å². The van der Waals surface area contributed by atoms with Gasteiger partial charge in [-0.3, -0.25) is 4.98 Å². The molecular weight excluding hydrogens is 270 g/mol. The van der Waals surface area contributed by atoms with Crippen molar-refractivity contribution in [3.63, 3.8) is 0 Å². The van der Waals surface area contributed by atoms with E-state index in [1.54, 1.807) is 19.4 Å². The molecule has 6 heteroatoms. The van der Waals surface area contributed by atoms with Crippen LogP contribution in [-0.4, -0.2) is 46.6 Å². The molecule has 21 heavy (non-hydrogen) atoms. The van der Waals surface area contributed by atoms with E-state index in [1.807, 2.05) is 26.0 Å². The molecule has 1 heterocycles. The lowest BCUT2D eigenvalue weighted by Gasteiger charge is -2.24. The van der Waals surface area contributed by atoms with E-state index in [-0.39, 0.29) is 11.9 Å². The number of aromatic nitrogens is 1. The Hall–Kier alpha value is -2.11. The fourth-order valence-corrected chi connectivity index (χ4v) is 1.87. The van der Waals surface area contributed by atoms with Gasteiger partial charge in [0.15, 0.2) is 0 Å². The van der Waals surface area contributed by atoms with Crippen LogP contribution in [0.2, 0.25) is 0 Å². The summed E-state index contributed by atoms with van der Waals surface area (Å²) in [6.07, 6.45) is 4.81. The Morgan fingerprint density at radius 1 is 1.38 bits per heavy atom. The Labute approximate surface area is 125 Å². The summed E-state index contributed by atoms with van der Waals surface area (Å²) >= 11 is 0. The highest BCUT2D eigenvalue weighted by molar-refractivity contribution is 5.82. The largest absolute Gasteiger partial charge is 0.480 e. The van der Waals surface area contributed by atoms with Crippen molar-refractivity contribution < 1.29 is 14.7 Å². The Morgan fingerprint density at radius 3 is 2.52 bits per heavy atom. The number of hydrogen-bond donors (Lipinski definition) is 2. The van der Waals surface area contributed by atoms with Gasteiger partial charge in [-0.2, -0.15) is 0 Å². The molecule has 0 saturated carbocycles. The molecule has 0 spiro atoms. The number of nitrogens with one attached hydrogen (secondary N) is 1. The predicted molar refractivity (Wildman–Crippen MR) is 80.0 cm³/mol. The van der Waals surface area contributed by atoms with Crippen LogP contribution in [0.1, 0.15) is 25.8 Å². The monoisotopic (exact) mass is 293 g/mol. The van der Waals surface area contributed by atoms with Crippen LogP contribution in [-0.2, 0) is 11.2 Å². The quantitative estimate of drug-likeness (QED) is 0.802. The summed E-state index contributed by atoms with van der Waals surface area (Å²) < 4.78 is 0. The van der Waals surface area contributed by atoms with Crippen LogP contribution in [0.4, 0.5) is 4.79 Å². The van der Waals surface area contributed by atoms with Gasteiger partial charge in [-0.15, -0.1) is 0 Å². The molecule has 0 saturated heterocycles. The van der Waals surface area contributed by atoms with Crippen molar-refractivity contribution in [2.45, 2.75) is 32.7 Å². The van der Waals surface area contributed by atoms with E-state index in [2.05, 4.69) is 10.3 Å². The maximum Gasteiger partial charge on any atom is 0.326 e. The number of nitrogens with zero attached hydrogens (tertiary/aromatic N) is 2. The molecule has 0 bridgehead atoms. The third kappa shape index (κ3) is 5.41. The number of hydrogen-bond acceptors (Lipinski definition) is 3. The summed E-state index contributed by atoms with van der Waals surface area (Å²) in [5.74, 6) is -1.11. The highest BCUT2D eigenvalue weighted by atomic mass is 16.4. The number of amides is 2. The molecule has 2 N–H and O–H groups in total. The highest BCUT2D eigenvalue weighted by Crippen LogP contribution is 2.08. The average Bonchev–Trinajstić information content (AvgIpc) is 2.49. The van der Waals surface area contributed by atoms with E-state index in [4.69, 9.17) is 0 Å². The maximum atomic E-state index is 12.0. The number of aliphatic carboxylic acids is 1. The van der Waals surface area contributed by atoms with Crippen LogP contribution in [0.15, 0.2) is 24.5 Å². The van der Waals surface area contributed by atoms with Crippen LogP contribution < -0.4 is 5.32 Å². The minimum atomic E-state index is -1.000. The van der Waals surface area contributed by atoms with Crippen LogP contribution in [0.5, 0.6) is 0 Å². The number of likely N-dealkylation sites (N-methyl/N-ethyl adjacent to an activating group) is 1. The van der Waals surface area contributed by atoms with Crippen molar-refractivity contribution >= 4 is 12.0 Å². The molecular formula is C15H23N3O3. The fraction of sp³-hybridized carbons (Fsp3) is 0.533. The molecule has 0 aliphatic rings. The van der Waals surface area contributed by atoms with Gasteiger partial charge in [0.25, 0.3) is 0 Å². The molecule has 0 aliphatic carbocycles. The van der Waals surface area contributed by atoms with Gasteiger partial charge in [-0.1, -0.05) is 20.3 Å². The molecule has 1 rings (SSSR count). The summed E-state index contributed by atoms with van der Waals surface area (Å²) in [4.78, 5) is 28.7. The van der Waals surface area contributed by atoms with Gasteiger partial charge in [0.2, 0.25) is 0 Å². The first-order chi connectivity index (χ1) is 9.95. The van der Waals surface area contributed by atoms with E-state index in [1.165, 1.54) is 4.90 Å². The van der Waals surface area contributed by atoms with Crippen molar-refractivity contribution in [2.75, 3.05) is 13.6 Å². The SMILES string of the molecule is CC[C@H](C)[C@H](NC(=O)N(C)CCc1ccncc1)C(=O)O. The smallest absolute Gasteiger partial charge is 0.326 e. The molecule has 0 aliphatic heterocycles. The summed E-state index contributed by atoms with van der Waals surface area (Å²) in [6.45, 7) is 4.23. The van der Waals surface area contributed by atoms with E-state index >= 15 is 0 Å².